The quantitative estimate of drug-likeness (QED) is 0.306. The lowest BCUT2D eigenvalue weighted by atomic mass is 9.98. The van der Waals surface area contributed by atoms with Crippen LogP contribution in [0.25, 0.3) is 11.1 Å². The first-order valence-corrected chi connectivity index (χ1v) is 14.9. The summed E-state index contributed by atoms with van der Waals surface area (Å²) in [5.41, 5.74) is 6.18. The van der Waals surface area contributed by atoms with E-state index in [4.69, 9.17) is 9.47 Å². The van der Waals surface area contributed by atoms with Gasteiger partial charge in [0.15, 0.2) is 0 Å². The lowest BCUT2D eigenvalue weighted by Gasteiger charge is -2.25. The third kappa shape index (κ3) is 6.08. The number of carbonyl (C=O) groups excluding carboxylic acids is 1. The van der Waals surface area contributed by atoms with Gasteiger partial charge in [-0.15, -0.1) is 0 Å². The summed E-state index contributed by atoms with van der Waals surface area (Å²) in [6.07, 6.45) is -0.512. The van der Waals surface area contributed by atoms with E-state index in [-0.39, 0.29) is 36.8 Å². The summed E-state index contributed by atoms with van der Waals surface area (Å²) in [6, 6.07) is 16.4. The molecule has 0 spiro atoms. The largest absolute Gasteiger partial charge is 0.496 e. The van der Waals surface area contributed by atoms with E-state index in [1.54, 1.807) is 26.8 Å². The maximum Gasteiger partial charge on any atom is 0.410 e. The van der Waals surface area contributed by atoms with Crippen LogP contribution in [0.4, 0.5) is 4.79 Å². The molecule has 0 aromatic heterocycles. The highest BCUT2D eigenvalue weighted by atomic mass is 32.2. The van der Waals surface area contributed by atoms with Crippen molar-refractivity contribution < 1.29 is 32.6 Å². The Hall–Kier alpha value is -3.89. The number of likely N-dealkylation sites (N-methyl/N-ethyl adjacent to an activating group) is 1. The van der Waals surface area contributed by atoms with E-state index in [0.29, 0.717) is 16.9 Å². The highest BCUT2D eigenvalue weighted by molar-refractivity contribution is 7.89. The molecule has 0 unspecified atom stereocenters. The van der Waals surface area contributed by atoms with E-state index >= 15 is 0 Å². The first-order chi connectivity index (χ1) is 19.5. The van der Waals surface area contributed by atoms with Crippen LogP contribution in [-0.2, 0) is 19.6 Å². The Morgan fingerprint density at radius 2 is 1.59 bits per heavy atom. The van der Waals surface area contributed by atoms with Gasteiger partial charge in [0.25, 0.3) is 0 Å². The number of fused-ring (bicyclic) bond motifs is 3. The molecule has 1 aliphatic carbocycles. The Balaban J connectivity index is 1.36. The Labute approximate surface area is 241 Å². The molecule has 3 aromatic rings. The van der Waals surface area contributed by atoms with Crippen LogP contribution in [0.15, 0.2) is 59.5 Å². The van der Waals surface area contributed by atoms with Gasteiger partial charge in [-0.25, -0.2) is 22.7 Å². The number of benzene rings is 3. The van der Waals surface area contributed by atoms with Crippen LogP contribution in [-0.4, -0.2) is 63.8 Å². The zero-order valence-electron chi connectivity index (χ0n) is 23.9. The normalized spacial score (nSPS) is 13.3. The summed E-state index contributed by atoms with van der Waals surface area (Å²) in [4.78, 5) is 26.2. The molecule has 1 aliphatic rings. The van der Waals surface area contributed by atoms with Gasteiger partial charge in [0.05, 0.1) is 12.0 Å². The second-order valence-electron chi connectivity index (χ2n) is 10.3. The number of ether oxygens (including phenoxy) is 2. The molecule has 10 heteroatoms. The molecule has 0 saturated heterocycles. The number of carbonyl (C=O) groups is 2. The highest BCUT2D eigenvalue weighted by Gasteiger charge is 2.32. The van der Waals surface area contributed by atoms with Gasteiger partial charge in [-0.2, -0.15) is 0 Å². The Bertz CT molecular complexity index is 1520. The van der Waals surface area contributed by atoms with Gasteiger partial charge >= 0.3 is 12.1 Å². The lowest BCUT2D eigenvalue weighted by molar-refractivity contribution is -0.142. The van der Waals surface area contributed by atoms with Crippen molar-refractivity contribution in [2.75, 3.05) is 27.3 Å². The zero-order valence-corrected chi connectivity index (χ0v) is 24.7. The summed E-state index contributed by atoms with van der Waals surface area (Å²) in [6.45, 7) is 5.30. The van der Waals surface area contributed by atoms with Gasteiger partial charge in [0, 0.05) is 19.5 Å². The van der Waals surface area contributed by atoms with Gasteiger partial charge in [-0.3, -0.25) is 4.90 Å². The van der Waals surface area contributed by atoms with E-state index < -0.39 is 28.1 Å². The molecule has 0 fully saturated rings. The maximum absolute atomic E-state index is 13.1. The minimum atomic E-state index is -3.85. The number of methoxy groups -OCH3 is 1. The summed E-state index contributed by atoms with van der Waals surface area (Å²) in [5, 5.41) is 9.82. The summed E-state index contributed by atoms with van der Waals surface area (Å²) >= 11 is 0. The van der Waals surface area contributed by atoms with Crippen molar-refractivity contribution in [1.29, 1.82) is 0 Å². The molecule has 9 nitrogen and oxygen atoms in total. The zero-order chi connectivity index (χ0) is 29.9. The van der Waals surface area contributed by atoms with Crippen molar-refractivity contribution in [2.24, 2.45) is 0 Å². The SMILES string of the molecule is COc1cc(C)c(S(=O)(=O)NCCC[C@H](C(=O)O)N(C)C(=O)OCC2c3ccccc3-c3ccccc32)c(C)c1C. The lowest BCUT2D eigenvalue weighted by Crippen LogP contribution is -2.43. The van der Waals surface area contributed by atoms with Gasteiger partial charge < -0.3 is 14.6 Å². The van der Waals surface area contributed by atoms with Crippen molar-refractivity contribution in [3.63, 3.8) is 0 Å². The number of hydrogen-bond donors (Lipinski definition) is 2. The summed E-state index contributed by atoms with van der Waals surface area (Å²) < 4.78 is 39.7. The number of carboxylic acids is 1. The topological polar surface area (TPSA) is 122 Å². The first-order valence-electron chi connectivity index (χ1n) is 13.4. The van der Waals surface area contributed by atoms with E-state index in [2.05, 4.69) is 4.72 Å². The van der Waals surface area contributed by atoms with Crippen LogP contribution in [0, 0.1) is 20.8 Å². The molecule has 4 rings (SSSR count). The molecule has 218 valence electrons. The molecule has 3 aromatic carbocycles. The second kappa shape index (κ2) is 12.3. The van der Waals surface area contributed by atoms with Crippen LogP contribution in [0.2, 0.25) is 0 Å². The number of hydrogen-bond acceptors (Lipinski definition) is 6. The van der Waals surface area contributed by atoms with E-state index in [0.717, 1.165) is 32.7 Å². The number of nitrogens with zero attached hydrogens (tertiary/aromatic N) is 1. The molecule has 0 heterocycles. The third-order valence-electron chi connectivity index (χ3n) is 7.79. The molecular formula is C31H36N2O7S. The molecule has 1 amide bonds. The number of sulfonamides is 1. The predicted octanol–water partition coefficient (Wildman–Crippen LogP) is 5.01. The molecular weight excluding hydrogens is 544 g/mol. The van der Waals surface area contributed by atoms with Crippen LogP contribution < -0.4 is 9.46 Å². The third-order valence-corrected chi connectivity index (χ3v) is 9.54. The highest BCUT2D eigenvalue weighted by Crippen LogP contribution is 2.44. The fourth-order valence-corrected chi connectivity index (χ4v) is 7.12. The van der Waals surface area contributed by atoms with E-state index in [9.17, 15) is 23.1 Å². The number of nitrogens with one attached hydrogen (secondary N) is 1. The van der Waals surface area contributed by atoms with Crippen LogP contribution in [0.5, 0.6) is 5.75 Å². The smallest absolute Gasteiger partial charge is 0.410 e. The van der Waals surface area contributed by atoms with E-state index in [1.807, 2.05) is 48.5 Å². The average molecular weight is 581 g/mol. The van der Waals surface area contributed by atoms with Crippen molar-refractivity contribution in [1.82, 2.24) is 9.62 Å². The minimum absolute atomic E-state index is 0.00853. The number of amides is 1. The number of aryl methyl sites for hydroxylation is 1. The van der Waals surface area contributed by atoms with Crippen molar-refractivity contribution in [2.45, 2.75) is 50.5 Å². The molecule has 0 aliphatic heterocycles. The molecule has 0 bridgehead atoms. The Morgan fingerprint density at radius 3 is 2.15 bits per heavy atom. The van der Waals surface area contributed by atoms with Gasteiger partial charge in [0.2, 0.25) is 10.0 Å². The standard InChI is InChI=1S/C31H36N2O7S/c1-19-17-28(39-5)20(2)21(3)29(19)41(37,38)32-16-10-15-27(30(34)35)33(4)31(36)40-18-26-24-13-8-6-11-22(24)23-12-7-9-14-25(23)26/h6-9,11-14,17,26-27,32H,10,15-16,18H2,1-5H3,(H,34,35)/t27-/m1/s1. The molecule has 1 atom stereocenters. The van der Waals surface area contributed by atoms with Gasteiger partial charge in [-0.1, -0.05) is 48.5 Å². The van der Waals surface area contributed by atoms with Crippen molar-refractivity contribution in [3.8, 4) is 16.9 Å². The van der Waals surface area contributed by atoms with Crippen LogP contribution in [0.1, 0.15) is 46.6 Å². The number of carboxylic acid groups (broad SMARTS) is 1. The molecule has 0 saturated carbocycles. The molecule has 2 N–H and O–H groups in total. The van der Waals surface area contributed by atoms with Crippen LogP contribution >= 0.6 is 0 Å². The summed E-state index contributed by atoms with van der Waals surface area (Å²) in [7, 11) is -0.932. The number of rotatable bonds is 11. The van der Waals surface area contributed by atoms with Crippen LogP contribution in [0.3, 0.4) is 0 Å². The monoisotopic (exact) mass is 580 g/mol. The van der Waals surface area contributed by atoms with Crippen molar-refractivity contribution in [3.05, 3.63) is 82.4 Å². The second-order valence-corrected chi connectivity index (χ2v) is 12.0. The fourth-order valence-electron chi connectivity index (χ4n) is 5.53. The Kier molecular flexibility index (Phi) is 9.04. The van der Waals surface area contributed by atoms with Gasteiger partial charge in [-0.05, 0) is 78.6 Å². The first kappa shape index (κ1) is 30.1. The van der Waals surface area contributed by atoms with Gasteiger partial charge in [0.1, 0.15) is 18.4 Å². The number of aliphatic carboxylic acids is 1. The Morgan fingerprint density at radius 1 is 1.00 bits per heavy atom. The molecule has 41 heavy (non-hydrogen) atoms. The molecule has 0 radical (unpaired) electrons. The van der Waals surface area contributed by atoms with Crippen molar-refractivity contribution >= 4 is 22.1 Å². The average Bonchev–Trinajstić information content (AvgIpc) is 3.26. The minimum Gasteiger partial charge on any atom is -0.496 e. The summed E-state index contributed by atoms with van der Waals surface area (Å²) in [5.74, 6) is -0.730. The van der Waals surface area contributed by atoms with E-state index in [1.165, 1.54) is 14.2 Å². The maximum atomic E-state index is 13.1. The predicted molar refractivity (Wildman–Crippen MR) is 156 cm³/mol. The fraction of sp³-hybridized carbons (Fsp3) is 0.355.